The molecule has 1 aromatic carbocycles. The number of aromatic amines is 1. The lowest BCUT2D eigenvalue weighted by Gasteiger charge is -2.61. The van der Waals surface area contributed by atoms with E-state index in [2.05, 4.69) is 65.2 Å². The Hall–Kier alpha value is -2.48. The van der Waals surface area contributed by atoms with Gasteiger partial charge >= 0.3 is 102 Å². The van der Waals surface area contributed by atoms with Gasteiger partial charge in [0.25, 0.3) is 5.79 Å². The number of carbonyl (C=O) groups is 1. The van der Waals surface area contributed by atoms with E-state index in [9.17, 15) is 154 Å². The number of nitriles is 1. The van der Waals surface area contributed by atoms with Crippen LogP contribution in [0.5, 0.6) is 0 Å². The predicted octanol–water partition coefficient (Wildman–Crippen LogP) is -0.539. The summed E-state index contributed by atoms with van der Waals surface area (Å²) in [7, 11) is -80.9. The molecule has 1 unspecified atom stereocenters. The van der Waals surface area contributed by atoms with Crippen molar-refractivity contribution in [3.05, 3.63) is 35.7 Å². The molecule has 2 amide bonds. The molecule has 2 aromatic heterocycles. The van der Waals surface area contributed by atoms with Crippen LogP contribution < -0.4 is 10.6 Å². The minimum atomic E-state index is -8.34. The number of aromatic nitrogens is 4. The zero-order valence-corrected chi connectivity index (χ0v) is 53.3. The van der Waals surface area contributed by atoms with Gasteiger partial charge in [0.1, 0.15) is 17.2 Å². The quantitative estimate of drug-likeness (QED) is 0.0269. The van der Waals surface area contributed by atoms with Crippen molar-refractivity contribution in [1.29, 1.82) is 5.26 Å². The van der Waals surface area contributed by atoms with Gasteiger partial charge in [-0.15, -0.1) is 0 Å². The molecule has 0 aliphatic carbocycles. The summed E-state index contributed by atoms with van der Waals surface area (Å²) in [5, 5.41) is 10.0. The fourth-order valence-electron chi connectivity index (χ4n) is 8.82. The van der Waals surface area contributed by atoms with E-state index in [4.69, 9.17) is 10.5 Å². The number of carbonyl (C=O) groups excluding carboxylic acids is 1. The standard InChI is InChI=1S/C30H50FN7O42P10/c1-4-38(23(33)39)24-36-17-11-16(20(31)19(21(17)37-24)18-7-5-10-70-18)15-12-34-22(35-13-15)25(2,3)14-26(8-6-9-32,71-81(40,41)42)27(72-82(43,44)45,73-83(46,47)48)28(74-84(49,50)51,75-85(52,53)54)29(76-86(55,56)57,77-87(58,59)60)30(78-88(61,62)63,79-89(64,65)66)80-90(67,68)69/h11-13,18H,4-8,10,14H2,1-3H3,(H2,33,39)(H,36,37)(H2,40,41,42)(H2,43,44,45)(H2,46,47,48)(H2,49,50,51)(H2,52,53,54)(H2,55,56,57)(H2,58,59,60)(H2,61,62,63)(H2,64,65,66)(H2,67,68,69)/t18-,26?/m1/s1. The number of rotatable bonds is 33. The van der Waals surface area contributed by atoms with Gasteiger partial charge in [-0.1, -0.05) is 13.8 Å². The zero-order chi connectivity index (χ0) is 69.7. The van der Waals surface area contributed by atoms with Crippen LogP contribution in [0.3, 0.4) is 0 Å². The highest BCUT2D eigenvalue weighted by Gasteiger charge is 2.93. The van der Waals surface area contributed by atoms with Crippen molar-refractivity contribution in [2.24, 2.45) is 5.73 Å². The Morgan fingerprint density at radius 2 is 1.04 bits per heavy atom. The van der Waals surface area contributed by atoms with Crippen LogP contribution >= 0.6 is 78.2 Å². The molecule has 0 spiro atoms. The van der Waals surface area contributed by atoms with Gasteiger partial charge in [0.2, 0.25) is 5.95 Å². The van der Waals surface area contributed by atoms with Gasteiger partial charge in [0, 0.05) is 54.1 Å². The van der Waals surface area contributed by atoms with Gasteiger partial charge in [-0.05, 0) is 38.7 Å². The molecule has 60 heteroatoms. The number of phosphoric ester groups is 10. The van der Waals surface area contributed by atoms with E-state index in [-0.39, 0.29) is 42.1 Å². The summed E-state index contributed by atoms with van der Waals surface area (Å²) in [5.41, 5.74) is -4.78. The number of primary amides is 1. The lowest BCUT2D eigenvalue weighted by molar-refractivity contribution is -0.513. The largest absolute Gasteiger partial charge is 0.474 e. The molecule has 0 saturated carbocycles. The lowest BCUT2D eigenvalue weighted by atomic mass is 9.69. The predicted molar refractivity (Wildman–Crippen MR) is 275 cm³/mol. The summed E-state index contributed by atoms with van der Waals surface area (Å²) >= 11 is 0. The average molecular weight is 1510 g/mol. The third kappa shape index (κ3) is 20.3. The first kappa shape index (κ1) is 80.0. The smallest absolute Gasteiger partial charge is 0.373 e. The number of amides is 2. The Bertz CT molecular complexity index is 3580. The third-order valence-corrected chi connectivity index (χ3v) is 16.1. The second-order valence-corrected chi connectivity index (χ2v) is 30.1. The van der Waals surface area contributed by atoms with Gasteiger partial charge in [-0.3, -0.25) is 9.42 Å². The number of fused-ring (bicyclic) bond motifs is 1. The zero-order valence-electron chi connectivity index (χ0n) is 44.3. The van der Waals surface area contributed by atoms with E-state index in [1.807, 2.05) is 0 Å². The Morgan fingerprint density at radius 1 is 0.656 bits per heavy atom. The maximum Gasteiger partial charge on any atom is 0.474 e. The van der Waals surface area contributed by atoms with Crippen LogP contribution in [0, 0.1) is 17.1 Å². The fraction of sp³-hybridized carbons (Fsp3) is 0.567. The van der Waals surface area contributed by atoms with E-state index >= 15 is 4.39 Å². The van der Waals surface area contributed by atoms with Crippen molar-refractivity contribution in [3.63, 3.8) is 0 Å². The number of benzene rings is 1. The van der Waals surface area contributed by atoms with Gasteiger partial charge in [-0.2, -0.15) is 5.26 Å². The van der Waals surface area contributed by atoms with Crippen LogP contribution in [0.1, 0.15) is 70.4 Å². The molecular weight excluding hydrogens is 1460 g/mol. The minimum absolute atomic E-state index is 0.0699. The van der Waals surface area contributed by atoms with Crippen LogP contribution in [0.25, 0.3) is 22.2 Å². The molecule has 4 rings (SSSR count). The number of hydrogen-bond acceptors (Lipinski definition) is 26. The second kappa shape index (κ2) is 27.2. The lowest BCUT2D eigenvalue weighted by Crippen LogP contribution is -2.84. The molecule has 23 N–H and O–H groups in total. The molecule has 3 aromatic rings. The SMILES string of the molecule is CCN(C(N)=O)c1nc2c([C@H]3CCCO3)c(F)c(-c3cnc(C(C)(C)CC(CCC#N)(OP(=O)(O)O)C(OP(=O)(O)O)(OP(=O)(O)O)C(OP(=O)(O)O)(OP(=O)(O)O)C(OP(=O)(O)O)(OP(=O)(O)O)C(OP(=O)(O)O)(OP(=O)(O)O)OP(=O)(O)O)nc3)cc2[nH]1. The van der Waals surface area contributed by atoms with E-state index in [1.54, 1.807) is 0 Å². The molecule has 3 heterocycles. The minimum Gasteiger partial charge on any atom is -0.373 e. The highest BCUT2D eigenvalue weighted by Crippen LogP contribution is 2.77. The molecule has 1 aliphatic rings. The number of nitrogens with zero attached hydrogens (tertiary/aromatic N) is 5. The van der Waals surface area contributed by atoms with E-state index in [0.717, 1.165) is 17.0 Å². The molecule has 0 radical (unpaired) electrons. The number of nitrogens with two attached hydrogens (primary N) is 1. The van der Waals surface area contributed by atoms with Gasteiger partial charge in [0.05, 0.1) is 23.2 Å². The Kier molecular flexibility index (Phi) is 24.2. The number of nitrogens with one attached hydrogen (secondary N) is 1. The Labute approximate surface area is 497 Å². The highest BCUT2D eigenvalue weighted by molar-refractivity contribution is 7.49. The molecule has 1 aliphatic heterocycles. The molecule has 514 valence electrons. The number of urea groups is 1. The van der Waals surface area contributed by atoms with E-state index in [1.165, 1.54) is 6.92 Å². The highest BCUT2D eigenvalue weighted by atomic mass is 31.2. The number of imidazole rings is 1. The van der Waals surface area contributed by atoms with Crippen molar-refractivity contribution < 1.29 is 203 Å². The van der Waals surface area contributed by atoms with Crippen molar-refractivity contribution in [2.75, 3.05) is 18.1 Å². The number of H-pyrrole nitrogens is 1. The fourth-order valence-corrected chi connectivity index (χ4v) is 15.2. The number of phosphoric acid groups is 10. The van der Waals surface area contributed by atoms with Crippen LogP contribution in [0.2, 0.25) is 0 Å². The monoisotopic (exact) mass is 1510 g/mol. The van der Waals surface area contributed by atoms with Crippen LogP contribution in [-0.2, 0) is 101 Å². The first-order valence-electron chi connectivity index (χ1n) is 22.8. The van der Waals surface area contributed by atoms with Gasteiger partial charge in [-0.25, -0.2) is 111 Å². The van der Waals surface area contributed by atoms with Crippen molar-refractivity contribution in [2.45, 2.75) is 93.3 Å². The van der Waals surface area contributed by atoms with Crippen molar-refractivity contribution in [1.82, 2.24) is 19.9 Å². The van der Waals surface area contributed by atoms with Crippen LogP contribution in [-0.4, -0.2) is 166 Å². The molecule has 90 heavy (non-hydrogen) atoms. The van der Waals surface area contributed by atoms with Crippen molar-refractivity contribution in [3.8, 4) is 17.2 Å². The molecular formula is C30H50FN7O42P10. The summed E-state index contributed by atoms with van der Waals surface area (Å²) in [5.74, 6) is -32.3. The number of halogens is 1. The Morgan fingerprint density at radius 3 is 1.39 bits per heavy atom. The van der Waals surface area contributed by atoms with Crippen LogP contribution in [0.15, 0.2) is 18.5 Å². The number of anilines is 1. The normalized spacial score (nSPS) is 16.9. The third-order valence-electron chi connectivity index (χ3n) is 11.1. The molecule has 1 saturated heterocycles. The topological polar surface area (TPSA) is 801 Å². The maximum atomic E-state index is 17.1. The molecule has 1 fully saturated rings. The summed E-state index contributed by atoms with van der Waals surface area (Å²) < 4.78 is 197. The first-order valence-corrected chi connectivity index (χ1v) is 38.1. The Balaban J connectivity index is 2.56. The molecule has 49 nitrogen and oxygen atoms in total. The van der Waals surface area contributed by atoms with E-state index in [0.29, 0.717) is 32.7 Å². The number of hydrogen-bond donors (Lipinski definition) is 22. The summed E-state index contributed by atoms with van der Waals surface area (Å²) in [6, 6.07) is 0.946. The maximum absolute atomic E-state index is 17.1. The molecule has 2 atom stereocenters. The van der Waals surface area contributed by atoms with Crippen LogP contribution in [0.4, 0.5) is 15.1 Å². The number of ether oxygens (including phenoxy) is 1. The van der Waals surface area contributed by atoms with Crippen molar-refractivity contribution >= 4 is 101 Å². The van der Waals surface area contributed by atoms with E-state index < -0.39 is 167 Å². The summed E-state index contributed by atoms with van der Waals surface area (Å²) in [4.78, 5) is 239. The first-order chi connectivity index (χ1) is 40.0. The average Bonchev–Trinajstić information content (AvgIpc) is 0.742. The van der Waals surface area contributed by atoms with Gasteiger partial charge in [0.15, 0.2) is 0 Å². The summed E-state index contributed by atoms with van der Waals surface area (Å²) in [6.07, 6.45) is -6.84. The molecule has 0 bridgehead atoms. The van der Waals surface area contributed by atoms with Gasteiger partial charge < -0.3 is 113 Å². The second-order valence-electron chi connectivity index (χ2n) is 18.4. The summed E-state index contributed by atoms with van der Waals surface area (Å²) in [6.45, 7) is 2.36.